The number of hydrogen-bond acceptors (Lipinski definition) is 5. The lowest BCUT2D eigenvalue weighted by Crippen LogP contribution is -2.31. The van der Waals surface area contributed by atoms with Gasteiger partial charge < -0.3 is 5.32 Å². The van der Waals surface area contributed by atoms with E-state index < -0.39 is 23.6 Å². The minimum Gasteiger partial charge on any atom is -0.303 e. The van der Waals surface area contributed by atoms with Crippen LogP contribution in [0.4, 0.5) is 33.7 Å². The molecule has 1 aromatic heterocycles. The summed E-state index contributed by atoms with van der Waals surface area (Å²) in [5, 5.41) is 6.82. The van der Waals surface area contributed by atoms with Crippen LogP contribution in [0.1, 0.15) is 36.5 Å². The summed E-state index contributed by atoms with van der Waals surface area (Å²) in [6.45, 7) is 5.92. The third kappa shape index (κ3) is 6.05. The van der Waals surface area contributed by atoms with E-state index in [1.807, 2.05) is 39.0 Å². The molecule has 0 saturated carbocycles. The van der Waals surface area contributed by atoms with E-state index in [2.05, 4.69) is 20.4 Å². The Hall–Kier alpha value is -4.52. The Morgan fingerprint density at radius 3 is 2.48 bits per heavy atom. The van der Waals surface area contributed by atoms with Crippen molar-refractivity contribution in [1.29, 1.82) is 0 Å². The summed E-state index contributed by atoms with van der Waals surface area (Å²) in [4.78, 5) is 35.1. The molecule has 0 radical (unpaired) electrons. The number of nitrogens with one attached hydrogen (secondary N) is 1. The van der Waals surface area contributed by atoms with Crippen molar-refractivity contribution < 1.29 is 27.2 Å². The Morgan fingerprint density at radius 2 is 1.81 bits per heavy atom. The molecule has 13 heteroatoms. The van der Waals surface area contributed by atoms with Gasteiger partial charge in [0.1, 0.15) is 12.1 Å². The van der Waals surface area contributed by atoms with E-state index in [1.165, 1.54) is 40.2 Å². The van der Waals surface area contributed by atoms with Gasteiger partial charge in [-0.1, -0.05) is 37.7 Å². The Labute approximate surface area is 242 Å². The Balaban J connectivity index is 1.33. The molecule has 0 atom stereocenters. The third-order valence-corrected chi connectivity index (χ3v) is 7.35. The zero-order valence-electron chi connectivity index (χ0n) is 22.6. The van der Waals surface area contributed by atoms with Crippen molar-refractivity contribution in [3.05, 3.63) is 89.5 Å². The topological polar surface area (TPSA) is 92.5 Å². The molecule has 4 aromatic rings. The molecule has 2 heterocycles. The van der Waals surface area contributed by atoms with Crippen LogP contribution in [-0.2, 0) is 11.0 Å². The van der Waals surface area contributed by atoms with Gasteiger partial charge >= 0.3 is 12.2 Å². The van der Waals surface area contributed by atoms with Crippen LogP contribution in [-0.4, -0.2) is 37.6 Å². The van der Waals surface area contributed by atoms with Gasteiger partial charge in [-0.05, 0) is 72.5 Å². The number of hydrogen-bond donors (Lipinski definition) is 1. The number of aryl methyl sites for hydroxylation is 1. The van der Waals surface area contributed by atoms with Crippen molar-refractivity contribution in [2.24, 2.45) is 4.99 Å². The lowest BCUT2D eigenvalue weighted by atomic mass is 9.99. The van der Waals surface area contributed by atoms with Crippen molar-refractivity contribution in [2.45, 2.75) is 32.9 Å². The van der Waals surface area contributed by atoms with Gasteiger partial charge in [0.25, 0.3) is 0 Å². The number of carbonyl (C=O) groups excluding carboxylic acids is 2. The lowest BCUT2D eigenvalue weighted by Gasteiger charge is -2.22. The van der Waals surface area contributed by atoms with Gasteiger partial charge in [0.15, 0.2) is 11.0 Å². The molecule has 5 rings (SSSR count). The average Bonchev–Trinajstić information content (AvgIpc) is 3.56. The number of alkyl halides is 3. The first-order chi connectivity index (χ1) is 19.9. The van der Waals surface area contributed by atoms with Crippen LogP contribution < -0.4 is 10.2 Å². The first kappa shape index (κ1) is 29.0. The molecule has 1 saturated heterocycles. The van der Waals surface area contributed by atoms with Crippen LogP contribution in [0.2, 0.25) is 0 Å². The first-order valence-corrected chi connectivity index (χ1v) is 13.7. The van der Waals surface area contributed by atoms with Crippen molar-refractivity contribution in [3.63, 3.8) is 0 Å². The minimum absolute atomic E-state index is 0.118. The minimum atomic E-state index is -4.46. The first-order valence-electron chi connectivity index (χ1n) is 12.8. The van der Waals surface area contributed by atoms with Gasteiger partial charge in [-0.2, -0.15) is 18.2 Å². The van der Waals surface area contributed by atoms with E-state index >= 15 is 0 Å². The molecule has 1 N–H and O–H groups in total. The number of thioether (sulfide) groups is 1. The number of amides is 3. The van der Waals surface area contributed by atoms with Crippen LogP contribution in [0.3, 0.4) is 0 Å². The molecule has 1 fully saturated rings. The van der Waals surface area contributed by atoms with E-state index in [9.17, 15) is 27.2 Å². The average molecular weight is 597 g/mol. The highest BCUT2D eigenvalue weighted by molar-refractivity contribution is 8.15. The number of aromatic nitrogens is 3. The van der Waals surface area contributed by atoms with Crippen molar-refractivity contribution in [1.82, 2.24) is 14.8 Å². The molecule has 0 aliphatic carbocycles. The molecule has 3 aromatic carbocycles. The third-order valence-electron chi connectivity index (χ3n) is 6.43. The molecule has 1 aliphatic rings. The fourth-order valence-electron chi connectivity index (χ4n) is 4.33. The van der Waals surface area contributed by atoms with E-state index in [-0.39, 0.29) is 39.8 Å². The van der Waals surface area contributed by atoms with Gasteiger partial charge in [-0.25, -0.2) is 18.9 Å². The predicted molar refractivity (Wildman–Crippen MR) is 153 cm³/mol. The summed E-state index contributed by atoms with van der Waals surface area (Å²) in [6.07, 6.45) is -3.16. The smallest absolute Gasteiger partial charge is 0.303 e. The number of aliphatic imine (C=N–C) groups is 1. The van der Waals surface area contributed by atoms with Crippen LogP contribution in [0.5, 0.6) is 0 Å². The molecular formula is C29H24F4N6O2S. The Morgan fingerprint density at radius 1 is 1.07 bits per heavy atom. The molecule has 3 amide bonds. The largest absolute Gasteiger partial charge is 0.416 e. The maximum Gasteiger partial charge on any atom is 0.416 e. The maximum absolute atomic E-state index is 15.0. The zero-order valence-corrected chi connectivity index (χ0v) is 23.4. The van der Waals surface area contributed by atoms with Gasteiger partial charge in [-0.3, -0.25) is 9.69 Å². The van der Waals surface area contributed by atoms with Gasteiger partial charge in [-0.15, -0.1) is 5.10 Å². The second kappa shape index (κ2) is 11.4. The highest BCUT2D eigenvalue weighted by Gasteiger charge is 2.33. The molecular weight excluding hydrogens is 572 g/mol. The zero-order chi connectivity index (χ0) is 30.2. The molecule has 1 aliphatic heterocycles. The van der Waals surface area contributed by atoms with E-state index in [1.54, 1.807) is 0 Å². The number of anilines is 2. The monoisotopic (exact) mass is 596 g/mol. The van der Waals surface area contributed by atoms with Crippen molar-refractivity contribution in [3.8, 4) is 17.1 Å². The van der Waals surface area contributed by atoms with E-state index in [0.717, 1.165) is 41.1 Å². The highest BCUT2D eigenvalue weighted by atomic mass is 32.2. The lowest BCUT2D eigenvalue weighted by molar-refractivity contribution is -0.137. The number of urea groups is 1. The molecule has 42 heavy (non-hydrogen) atoms. The number of nitrogens with zero attached hydrogens (tertiary/aromatic N) is 5. The van der Waals surface area contributed by atoms with E-state index in [4.69, 9.17) is 0 Å². The molecule has 216 valence electrons. The summed E-state index contributed by atoms with van der Waals surface area (Å²) < 4.78 is 54.8. The summed E-state index contributed by atoms with van der Waals surface area (Å²) in [6, 6.07) is 13.2. The quantitative estimate of drug-likeness (QED) is 0.246. The maximum atomic E-state index is 15.0. The standard InChI is InChI=1S/C29H24F4N6O2S/c1-16(2)21-10-4-17(3)12-24(21)39-25(40)14-42-28(39)36-27(41)35-23-11-5-18(13-22(23)30)26-34-15-38(37-26)20-8-6-19(7-9-20)29(31,32)33/h4-13,15-16H,14H2,1-3H3,(H,35,41). The van der Waals surface area contributed by atoms with Gasteiger partial charge in [0.2, 0.25) is 5.91 Å². The molecule has 0 unspecified atom stereocenters. The normalized spacial score (nSPS) is 14.7. The fourth-order valence-corrected chi connectivity index (χ4v) is 5.18. The Bertz CT molecular complexity index is 1700. The summed E-state index contributed by atoms with van der Waals surface area (Å²) >= 11 is 1.12. The van der Waals surface area contributed by atoms with E-state index in [0.29, 0.717) is 11.4 Å². The summed E-state index contributed by atoms with van der Waals surface area (Å²) in [5.41, 5.74) is 2.22. The number of benzene rings is 3. The number of halogens is 4. The predicted octanol–water partition coefficient (Wildman–Crippen LogP) is 7.19. The van der Waals surface area contributed by atoms with Crippen molar-refractivity contribution >= 4 is 40.2 Å². The summed E-state index contributed by atoms with van der Waals surface area (Å²) in [7, 11) is 0. The SMILES string of the molecule is Cc1ccc(C(C)C)c(N2C(=O)CSC2=NC(=O)Nc2ccc(-c3ncn(-c4ccc(C(F)(F)F)cc4)n3)cc2F)c1. The second-order valence-corrected chi connectivity index (χ2v) is 10.8. The molecule has 8 nitrogen and oxygen atoms in total. The number of carbonyl (C=O) groups is 2. The number of amidine groups is 1. The summed E-state index contributed by atoms with van der Waals surface area (Å²) in [5.74, 6) is -0.621. The van der Waals surface area contributed by atoms with Gasteiger partial charge in [0.05, 0.1) is 28.4 Å². The number of rotatable bonds is 5. The van der Waals surface area contributed by atoms with Gasteiger partial charge in [0, 0.05) is 5.56 Å². The Kier molecular flexibility index (Phi) is 7.87. The van der Waals surface area contributed by atoms with Crippen molar-refractivity contribution in [2.75, 3.05) is 16.0 Å². The molecule has 0 bridgehead atoms. The van der Waals surface area contributed by atoms with Crippen LogP contribution in [0.15, 0.2) is 72.0 Å². The second-order valence-electron chi connectivity index (χ2n) is 9.81. The van der Waals surface area contributed by atoms with Crippen LogP contribution in [0, 0.1) is 12.7 Å². The molecule has 0 spiro atoms. The van der Waals surface area contributed by atoms with Crippen LogP contribution >= 0.6 is 11.8 Å². The van der Waals surface area contributed by atoms with Crippen LogP contribution in [0.25, 0.3) is 17.1 Å². The highest BCUT2D eigenvalue weighted by Crippen LogP contribution is 2.34. The fraction of sp³-hybridized carbons (Fsp3) is 0.207.